The zero-order valence-corrected chi connectivity index (χ0v) is 13.5. The Hall–Kier alpha value is -0.710. The maximum Gasteiger partial charge on any atom is 0.255 e. The molecule has 2 N–H and O–H groups in total. The monoisotopic (exact) mass is 312 g/mol. The molecule has 1 amide bonds. The van der Waals surface area contributed by atoms with E-state index < -0.39 is 0 Å². The van der Waals surface area contributed by atoms with E-state index in [-0.39, 0.29) is 11.9 Å². The van der Waals surface area contributed by atoms with Gasteiger partial charge in [0.2, 0.25) is 0 Å². The summed E-state index contributed by atoms with van der Waals surface area (Å²) in [5.74, 6) is 0.557. The molecule has 1 saturated heterocycles. The summed E-state index contributed by atoms with van der Waals surface area (Å²) in [5.41, 5.74) is 6.54. The van der Waals surface area contributed by atoms with Gasteiger partial charge in [0.15, 0.2) is 0 Å². The maximum absolute atomic E-state index is 12.6. The van der Waals surface area contributed by atoms with Gasteiger partial charge in [-0.05, 0) is 50.1 Å². The SMILES string of the molecule is CSc1ccc(Cl)c(C(=O)N2CCC(C(C)N)CC2)c1. The van der Waals surface area contributed by atoms with E-state index in [0.29, 0.717) is 16.5 Å². The summed E-state index contributed by atoms with van der Waals surface area (Å²) in [7, 11) is 0. The van der Waals surface area contributed by atoms with Crippen molar-refractivity contribution in [1.82, 2.24) is 4.90 Å². The van der Waals surface area contributed by atoms with Crippen LogP contribution in [0.1, 0.15) is 30.1 Å². The molecule has 1 unspecified atom stereocenters. The molecular weight excluding hydrogens is 292 g/mol. The van der Waals surface area contributed by atoms with Gasteiger partial charge in [0, 0.05) is 24.0 Å². The number of benzene rings is 1. The molecule has 1 aromatic carbocycles. The summed E-state index contributed by atoms with van der Waals surface area (Å²) in [5, 5.41) is 0.530. The average Bonchev–Trinajstić information content (AvgIpc) is 2.47. The molecule has 1 atom stereocenters. The van der Waals surface area contributed by atoms with Gasteiger partial charge in [-0.3, -0.25) is 4.79 Å². The lowest BCUT2D eigenvalue weighted by molar-refractivity contribution is 0.0681. The van der Waals surface area contributed by atoms with Gasteiger partial charge in [0.1, 0.15) is 0 Å². The third-order valence-corrected chi connectivity index (χ3v) is 5.03. The fraction of sp³-hybridized carbons (Fsp3) is 0.533. The molecule has 0 aliphatic carbocycles. The number of carbonyl (C=O) groups is 1. The van der Waals surface area contributed by atoms with Crippen molar-refractivity contribution in [2.45, 2.75) is 30.7 Å². The number of halogens is 1. The number of thioether (sulfide) groups is 1. The molecule has 0 aromatic heterocycles. The Morgan fingerprint density at radius 1 is 1.45 bits per heavy atom. The topological polar surface area (TPSA) is 46.3 Å². The molecule has 1 heterocycles. The third-order valence-electron chi connectivity index (χ3n) is 3.97. The Kier molecular flexibility index (Phi) is 5.35. The zero-order chi connectivity index (χ0) is 14.7. The molecule has 1 fully saturated rings. The largest absolute Gasteiger partial charge is 0.339 e. The van der Waals surface area contributed by atoms with Gasteiger partial charge in [0.25, 0.3) is 5.91 Å². The van der Waals surface area contributed by atoms with E-state index in [4.69, 9.17) is 17.3 Å². The quantitative estimate of drug-likeness (QED) is 0.871. The van der Waals surface area contributed by atoms with Crippen molar-refractivity contribution < 1.29 is 4.79 Å². The Balaban J connectivity index is 2.09. The second-order valence-corrected chi connectivity index (χ2v) is 6.62. The highest BCUT2D eigenvalue weighted by atomic mass is 35.5. The summed E-state index contributed by atoms with van der Waals surface area (Å²) in [6.07, 6.45) is 3.94. The van der Waals surface area contributed by atoms with Gasteiger partial charge >= 0.3 is 0 Å². The number of hydrogen-bond acceptors (Lipinski definition) is 3. The Bertz CT molecular complexity index is 485. The van der Waals surface area contributed by atoms with Crippen LogP contribution in [0.2, 0.25) is 5.02 Å². The summed E-state index contributed by atoms with van der Waals surface area (Å²) in [6, 6.07) is 5.82. The van der Waals surface area contributed by atoms with E-state index in [1.54, 1.807) is 17.8 Å². The third kappa shape index (κ3) is 3.48. The van der Waals surface area contributed by atoms with Crippen molar-refractivity contribution in [3.8, 4) is 0 Å². The molecule has 0 spiro atoms. The van der Waals surface area contributed by atoms with E-state index >= 15 is 0 Å². The van der Waals surface area contributed by atoms with Crippen molar-refractivity contribution in [3.05, 3.63) is 28.8 Å². The van der Waals surface area contributed by atoms with Crippen LogP contribution in [-0.2, 0) is 0 Å². The van der Waals surface area contributed by atoms with Crippen LogP contribution >= 0.6 is 23.4 Å². The van der Waals surface area contributed by atoms with Crippen LogP contribution in [0.4, 0.5) is 0 Å². The molecule has 2 rings (SSSR count). The predicted molar refractivity (Wildman–Crippen MR) is 85.5 cm³/mol. The van der Waals surface area contributed by atoms with Gasteiger partial charge < -0.3 is 10.6 Å². The Morgan fingerprint density at radius 3 is 2.65 bits per heavy atom. The van der Waals surface area contributed by atoms with Crippen LogP contribution in [0, 0.1) is 5.92 Å². The summed E-state index contributed by atoms with van der Waals surface area (Å²) < 4.78 is 0. The number of nitrogens with two attached hydrogens (primary N) is 1. The lowest BCUT2D eigenvalue weighted by atomic mass is 9.90. The van der Waals surface area contributed by atoms with Crippen LogP contribution in [0.5, 0.6) is 0 Å². The Morgan fingerprint density at radius 2 is 2.10 bits per heavy atom. The summed E-state index contributed by atoms with van der Waals surface area (Å²) in [6.45, 7) is 3.58. The predicted octanol–water partition coefficient (Wildman–Crippen LogP) is 3.26. The lowest BCUT2D eigenvalue weighted by Crippen LogP contribution is -2.42. The minimum Gasteiger partial charge on any atom is -0.339 e. The fourth-order valence-electron chi connectivity index (χ4n) is 2.59. The fourth-order valence-corrected chi connectivity index (χ4v) is 3.23. The molecule has 3 nitrogen and oxygen atoms in total. The number of hydrogen-bond donors (Lipinski definition) is 1. The molecule has 5 heteroatoms. The van der Waals surface area contributed by atoms with Crippen LogP contribution < -0.4 is 5.73 Å². The molecule has 110 valence electrons. The van der Waals surface area contributed by atoms with E-state index in [1.165, 1.54) is 0 Å². The molecular formula is C15H21ClN2OS. The van der Waals surface area contributed by atoms with E-state index in [9.17, 15) is 4.79 Å². The molecule has 0 saturated carbocycles. The number of amides is 1. The lowest BCUT2D eigenvalue weighted by Gasteiger charge is -2.34. The first-order valence-corrected chi connectivity index (χ1v) is 8.51. The second kappa shape index (κ2) is 6.83. The highest BCUT2D eigenvalue weighted by Crippen LogP contribution is 2.26. The van der Waals surface area contributed by atoms with Crippen LogP contribution in [-0.4, -0.2) is 36.2 Å². The van der Waals surface area contributed by atoms with E-state index in [2.05, 4.69) is 0 Å². The van der Waals surface area contributed by atoms with E-state index in [1.807, 2.05) is 30.2 Å². The van der Waals surface area contributed by atoms with Gasteiger partial charge in [-0.2, -0.15) is 0 Å². The Labute approximate surface area is 129 Å². The molecule has 0 bridgehead atoms. The maximum atomic E-state index is 12.6. The smallest absolute Gasteiger partial charge is 0.255 e. The minimum atomic E-state index is 0.0361. The molecule has 1 aliphatic heterocycles. The van der Waals surface area contributed by atoms with Gasteiger partial charge in [-0.1, -0.05) is 11.6 Å². The highest BCUT2D eigenvalue weighted by molar-refractivity contribution is 7.98. The summed E-state index contributed by atoms with van der Waals surface area (Å²) >= 11 is 7.78. The van der Waals surface area contributed by atoms with Gasteiger partial charge in [0.05, 0.1) is 10.6 Å². The number of carbonyl (C=O) groups excluding carboxylic acids is 1. The second-order valence-electron chi connectivity index (χ2n) is 5.33. The number of nitrogens with zero attached hydrogens (tertiary/aromatic N) is 1. The molecule has 20 heavy (non-hydrogen) atoms. The van der Waals surface area contributed by atoms with Gasteiger partial charge in [-0.15, -0.1) is 11.8 Å². The van der Waals surface area contributed by atoms with Gasteiger partial charge in [-0.25, -0.2) is 0 Å². The minimum absolute atomic E-state index is 0.0361. The average molecular weight is 313 g/mol. The van der Waals surface area contributed by atoms with Crippen molar-refractivity contribution in [2.24, 2.45) is 11.7 Å². The molecule has 0 radical (unpaired) electrons. The van der Waals surface area contributed by atoms with Crippen LogP contribution in [0.3, 0.4) is 0 Å². The first kappa shape index (κ1) is 15.7. The van der Waals surface area contributed by atoms with Crippen LogP contribution in [0.15, 0.2) is 23.1 Å². The number of rotatable bonds is 3. The highest BCUT2D eigenvalue weighted by Gasteiger charge is 2.26. The zero-order valence-electron chi connectivity index (χ0n) is 11.9. The van der Waals surface area contributed by atoms with E-state index in [0.717, 1.165) is 30.8 Å². The van der Waals surface area contributed by atoms with Crippen molar-refractivity contribution in [2.75, 3.05) is 19.3 Å². The molecule has 1 aliphatic rings. The molecule has 1 aromatic rings. The standard InChI is InChI=1S/C15H21ClN2OS/c1-10(17)11-5-7-18(8-6-11)15(19)13-9-12(20-2)3-4-14(13)16/h3-4,9-11H,5-8,17H2,1-2H3. The first-order valence-electron chi connectivity index (χ1n) is 6.91. The normalized spacial score (nSPS) is 18.1. The number of likely N-dealkylation sites (tertiary alicyclic amines) is 1. The first-order chi connectivity index (χ1) is 9.52. The van der Waals surface area contributed by atoms with Crippen molar-refractivity contribution in [3.63, 3.8) is 0 Å². The van der Waals surface area contributed by atoms with Crippen LogP contribution in [0.25, 0.3) is 0 Å². The summed E-state index contributed by atoms with van der Waals surface area (Å²) in [4.78, 5) is 15.5. The van der Waals surface area contributed by atoms with Crippen molar-refractivity contribution >= 4 is 29.3 Å². The number of piperidine rings is 1. The van der Waals surface area contributed by atoms with Crippen molar-refractivity contribution in [1.29, 1.82) is 0 Å².